The first kappa shape index (κ1) is 13.6. The molecule has 0 fully saturated rings. The van der Waals surface area contributed by atoms with Gasteiger partial charge in [0.05, 0.1) is 0 Å². The molecule has 2 aromatic rings. The first-order valence-corrected chi connectivity index (χ1v) is 7.30. The molecule has 7 heteroatoms. The molecule has 1 aromatic carbocycles. The number of thiazole rings is 1. The number of nitrogens with one attached hydrogen (secondary N) is 1. The number of amides is 2. The van der Waals surface area contributed by atoms with Gasteiger partial charge in [0.1, 0.15) is 6.04 Å². The van der Waals surface area contributed by atoms with Gasteiger partial charge in [-0.2, -0.15) is 0 Å². The van der Waals surface area contributed by atoms with Gasteiger partial charge in [0, 0.05) is 24.5 Å². The molecule has 0 radical (unpaired) electrons. The van der Waals surface area contributed by atoms with E-state index in [2.05, 4.69) is 10.3 Å². The summed E-state index contributed by atoms with van der Waals surface area (Å²) in [6, 6.07) is 6.28. The molecule has 2 amide bonds. The van der Waals surface area contributed by atoms with Gasteiger partial charge in [0.15, 0.2) is 5.13 Å². The highest BCUT2D eigenvalue weighted by molar-refractivity contribution is 7.13. The number of hydrogen-bond donors (Lipinski definition) is 2. The zero-order valence-electron chi connectivity index (χ0n) is 11.0. The van der Waals surface area contributed by atoms with Crippen LogP contribution in [-0.4, -0.2) is 33.0 Å². The Morgan fingerprint density at radius 2 is 2.10 bits per heavy atom. The van der Waals surface area contributed by atoms with Gasteiger partial charge in [-0.3, -0.25) is 5.32 Å². The maximum Gasteiger partial charge on any atom is 0.326 e. The minimum Gasteiger partial charge on any atom is -0.480 e. The van der Waals surface area contributed by atoms with Gasteiger partial charge in [-0.15, -0.1) is 11.3 Å². The van der Waals surface area contributed by atoms with E-state index in [9.17, 15) is 14.7 Å². The van der Waals surface area contributed by atoms with E-state index < -0.39 is 18.0 Å². The molecule has 0 saturated carbocycles. The number of hydrogen-bond acceptors (Lipinski definition) is 4. The van der Waals surface area contributed by atoms with Crippen LogP contribution in [0.3, 0.4) is 0 Å². The summed E-state index contributed by atoms with van der Waals surface area (Å²) in [7, 11) is 0. The smallest absolute Gasteiger partial charge is 0.326 e. The second-order valence-electron chi connectivity index (χ2n) is 4.72. The number of carbonyl (C=O) groups is 2. The minimum absolute atomic E-state index is 0.282. The Kier molecular flexibility index (Phi) is 3.57. The van der Waals surface area contributed by atoms with E-state index in [0.29, 0.717) is 11.6 Å². The summed E-state index contributed by atoms with van der Waals surface area (Å²) in [6.45, 7) is 0.282. The topological polar surface area (TPSA) is 82.5 Å². The van der Waals surface area contributed by atoms with Gasteiger partial charge in [-0.05, 0) is 11.1 Å². The van der Waals surface area contributed by atoms with Crippen LogP contribution in [0, 0.1) is 0 Å². The lowest BCUT2D eigenvalue weighted by molar-refractivity contribution is -0.142. The molecule has 1 atom stereocenters. The molecule has 21 heavy (non-hydrogen) atoms. The molecule has 108 valence electrons. The van der Waals surface area contributed by atoms with Crippen LogP contribution in [0.25, 0.3) is 0 Å². The maximum atomic E-state index is 12.3. The van der Waals surface area contributed by atoms with Crippen molar-refractivity contribution in [3.8, 4) is 0 Å². The van der Waals surface area contributed by atoms with Gasteiger partial charge in [-0.25, -0.2) is 14.6 Å². The van der Waals surface area contributed by atoms with Gasteiger partial charge in [0.25, 0.3) is 0 Å². The number of aliphatic carboxylic acids is 1. The molecule has 1 aliphatic heterocycles. The number of carboxylic acid groups (broad SMARTS) is 1. The Morgan fingerprint density at radius 1 is 1.33 bits per heavy atom. The highest BCUT2D eigenvalue weighted by Gasteiger charge is 2.34. The van der Waals surface area contributed by atoms with Crippen LogP contribution >= 0.6 is 11.3 Å². The predicted octanol–water partition coefficient (Wildman–Crippen LogP) is 2.19. The van der Waals surface area contributed by atoms with Crippen LogP contribution < -0.4 is 5.32 Å². The summed E-state index contributed by atoms with van der Waals surface area (Å²) >= 11 is 1.29. The molecule has 3 rings (SSSR count). The Hall–Kier alpha value is -2.41. The van der Waals surface area contributed by atoms with Gasteiger partial charge in [-0.1, -0.05) is 24.3 Å². The molecule has 0 saturated heterocycles. The number of carbonyl (C=O) groups excluding carboxylic acids is 1. The highest BCUT2D eigenvalue weighted by atomic mass is 32.1. The second-order valence-corrected chi connectivity index (χ2v) is 5.62. The number of rotatable bonds is 2. The largest absolute Gasteiger partial charge is 0.480 e. The van der Waals surface area contributed by atoms with E-state index >= 15 is 0 Å². The van der Waals surface area contributed by atoms with E-state index in [1.807, 2.05) is 24.3 Å². The Balaban J connectivity index is 1.85. The SMILES string of the molecule is O=C(O)[C@H]1Cc2ccccc2CN1C(=O)Nc1nccs1. The third kappa shape index (κ3) is 2.73. The Bertz CT molecular complexity index is 672. The zero-order chi connectivity index (χ0) is 14.8. The zero-order valence-corrected chi connectivity index (χ0v) is 11.8. The molecule has 0 aliphatic carbocycles. The van der Waals surface area contributed by atoms with Crippen molar-refractivity contribution in [2.75, 3.05) is 5.32 Å². The quantitative estimate of drug-likeness (QED) is 0.891. The average Bonchev–Trinajstić information content (AvgIpc) is 2.98. The normalized spacial score (nSPS) is 17.1. The van der Waals surface area contributed by atoms with Crippen molar-refractivity contribution in [1.29, 1.82) is 0 Å². The fraction of sp³-hybridized carbons (Fsp3) is 0.214. The highest BCUT2D eigenvalue weighted by Crippen LogP contribution is 2.24. The van der Waals surface area contributed by atoms with Crippen molar-refractivity contribution in [3.05, 3.63) is 47.0 Å². The van der Waals surface area contributed by atoms with Crippen molar-refractivity contribution in [2.24, 2.45) is 0 Å². The third-order valence-electron chi connectivity index (χ3n) is 3.44. The van der Waals surface area contributed by atoms with E-state index in [1.165, 1.54) is 16.2 Å². The van der Waals surface area contributed by atoms with E-state index in [0.717, 1.165) is 11.1 Å². The average molecular weight is 303 g/mol. The molecule has 0 spiro atoms. The summed E-state index contributed by atoms with van der Waals surface area (Å²) < 4.78 is 0. The molecule has 0 bridgehead atoms. The summed E-state index contributed by atoms with van der Waals surface area (Å²) in [5.74, 6) is -1.00. The molecule has 2 heterocycles. The van der Waals surface area contributed by atoms with Gasteiger partial charge < -0.3 is 10.0 Å². The lowest BCUT2D eigenvalue weighted by Gasteiger charge is -2.34. The fourth-order valence-corrected chi connectivity index (χ4v) is 2.92. The number of urea groups is 1. The number of fused-ring (bicyclic) bond motifs is 1. The van der Waals surface area contributed by atoms with Crippen molar-refractivity contribution < 1.29 is 14.7 Å². The Labute approximate surface area is 125 Å². The molecule has 2 N–H and O–H groups in total. The number of aromatic nitrogens is 1. The summed E-state index contributed by atoms with van der Waals surface area (Å²) in [6.07, 6.45) is 1.90. The van der Waals surface area contributed by atoms with Gasteiger partial charge >= 0.3 is 12.0 Å². The van der Waals surface area contributed by atoms with Crippen molar-refractivity contribution in [1.82, 2.24) is 9.88 Å². The molecule has 0 unspecified atom stereocenters. The lowest BCUT2D eigenvalue weighted by atomic mass is 9.94. The van der Waals surface area contributed by atoms with Crippen molar-refractivity contribution >= 4 is 28.5 Å². The van der Waals surface area contributed by atoms with Crippen molar-refractivity contribution in [3.63, 3.8) is 0 Å². The number of benzene rings is 1. The first-order chi connectivity index (χ1) is 10.1. The third-order valence-corrected chi connectivity index (χ3v) is 4.13. The fourth-order valence-electron chi connectivity index (χ4n) is 2.41. The number of anilines is 1. The van der Waals surface area contributed by atoms with Crippen LogP contribution in [-0.2, 0) is 17.8 Å². The monoisotopic (exact) mass is 303 g/mol. The van der Waals surface area contributed by atoms with Gasteiger partial charge in [0.2, 0.25) is 0 Å². The summed E-state index contributed by atoms with van der Waals surface area (Å²) in [5, 5.41) is 14.2. The van der Waals surface area contributed by atoms with Crippen LogP contribution in [0.4, 0.5) is 9.93 Å². The number of nitrogens with zero attached hydrogens (tertiary/aromatic N) is 2. The molecule has 1 aliphatic rings. The van der Waals surface area contributed by atoms with Crippen molar-refractivity contribution in [2.45, 2.75) is 19.0 Å². The minimum atomic E-state index is -1.00. The Morgan fingerprint density at radius 3 is 2.76 bits per heavy atom. The first-order valence-electron chi connectivity index (χ1n) is 6.42. The standard InChI is InChI=1S/C14H13N3O3S/c18-12(19)11-7-9-3-1-2-4-10(9)8-17(11)14(20)16-13-15-5-6-21-13/h1-6,11H,7-8H2,(H,18,19)(H,15,16,20)/t11-/m1/s1. The number of carboxylic acids is 1. The van der Waals surface area contributed by atoms with Crippen LogP contribution in [0.2, 0.25) is 0 Å². The summed E-state index contributed by atoms with van der Waals surface area (Å²) in [5.41, 5.74) is 1.95. The van der Waals surface area contributed by atoms with Crippen LogP contribution in [0.1, 0.15) is 11.1 Å². The molecular weight excluding hydrogens is 290 g/mol. The second kappa shape index (κ2) is 5.53. The van der Waals surface area contributed by atoms with Crippen LogP contribution in [0.15, 0.2) is 35.8 Å². The van der Waals surface area contributed by atoms with Crippen LogP contribution in [0.5, 0.6) is 0 Å². The molecule has 6 nitrogen and oxygen atoms in total. The maximum absolute atomic E-state index is 12.3. The van der Waals surface area contributed by atoms with E-state index in [4.69, 9.17) is 0 Å². The molecular formula is C14H13N3O3S. The van der Waals surface area contributed by atoms with E-state index in [1.54, 1.807) is 11.6 Å². The lowest BCUT2D eigenvalue weighted by Crippen LogP contribution is -2.50. The summed E-state index contributed by atoms with van der Waals surface area (Å²) in [4.78, 5) is 29.1. The molecule has 1 aromatic heterocycles. The predicted molar refractivity (Wildman–Crippen MR) is 78.2 cm³/mol. The van der Waals surface area contributed by atoms with E-state index in [-0.39, 0.29) is 6.54 Å².